The minimum absolute atomic E-state index is 0.0668. The first-order valence-corrected chi connectivity index (χ1v) is 12.9. The van der Waals surface area contributed by atoms with E-state index in [1.807, 2.05) is 93.5 Å². The van der Waals surface area contributed by atoms with Gasteiger partial charge in [0.15, 0.2) is 0 Å². The number of carbonyl (C=O) groups excluding carboxylic acids is 2. The molecule has 1 amide bonds. The van der Waals surface area contributed by atoms with E-state index in [0.29, 0.717) is 17.9 Å². The molecule has 3 aromatic rings. The Morgan fingerprint density at radius 1 is 0.974 bits per heavy atom. The molecule has 0 aromatic heterocycles. The quantitative estimate of drug-likeness (QED) is 0.236. The molecular formula is C32H36N2O4. The maximum atomic E-state index is 13.5. The number of ether oxygens (including phenoxy) is 1. The highest BCUT2D eigenvalue weighted by Crippen LogP contribution is 2.43. The number of aryl methyl sites for hydroxylation is 1. The van der Waals surface area contributed by atoms with Crippen LogP contribution in [0.4, 0.5) is 11.4 Å². The summed E-state index contributed by atoms with van der Waals surface area (Å²) < 4.78 is 5.84. The molecule has 1 atom stereocenters. The van der Waals surface area contributed by atoms with Crippen LogP contribution < -0.4 is 14.5 Å². The van der Waals surface area contributed by atoms with Crippen LogP contribution in [0, 0.1) is 6.92 Å². The number of aliphatic hydroxyl groups excluding tert-OH is 1. The molecule has 0 radical (unpaired) electrons. The number of carbonyl (C=O) groups is 2. The predicted octanol–water partition coefficient (Wildman–Crippen LogP) is 6.38. The Bertz CT molecular complexity index is 1380. The van der Waals surface area contributed by atoms with Gasteiger partial charge in [0.05, 0.1) is 18.2 Å². The molecule has 6 nitrogen and oxygen atoms in total. The minimum atomic E-state index is -0.779. The topological polar surface area (TPSA) is 70.1 Å². The fourth-order valence-electron chi connectivity index (χ4n) is 4.77. The molecule has 0 saturated carbocycles. The van der Waals surface area contributed by atoms with E-state index < -0.39 is 17.7 Å². The first kappa shape index (κ1) is 27.0. The van der Waals surface area contributed by atoms with Gasteiger partial charge in [0.25, 0.3) is 11.7 Å². The number of aliphatic hydroxyl groups is 1. The Kier molecular flexibility index (Phi) is 7.36. The summed E-state index contributed by atoms with van der Waals surface area (Å²) in [4.78, 5) is 30.5. The minimum Gasteiger partial charge on any atom is -0.507 e. The smallest absolute Gasteiger partial charge is 0.300 e. The average Bonchev–Trinajstić information content (AvgIpc) is 3.14. The summed E-state index contributed by atoms with van der Waals surface area (Å²) in [5, 5.41) is 11.6. The van der Waals surface area contributed by atoms with Crippen molar-refractivity contribution in [1.29, 1.82) is 0 Å². The van der Waals surface area contributed by atoms with Gasteiger partial charge in [-0.25, -0.2) is 0 Å². The first-order valence-electron chi connectivity index (χ1n) is 12.9. The summed E-state index contributed by atoms with van der Waals surface area (Å²) in [5.74, 6) is -0.851. The monoisotopic (exact) mass is 512 g/mol. The highest BCUT2D eigenvalue weighted by molar-refractivity contribution is 6.51. The molecule has 1 saturated heterocycles. The van der Waals surface area contributed by atoms with Crippen LogP contribution in [0.1, 0.15) is 56.0 Å². The Morgan fingerprint density at radius 3 is 2.16 bits per heavy atom. The van der Waals surface area contributed by atoms with Gasteiger partial charge in [0.1, 0.15) is 11.5 Å². The van der Waals surface area contributed by atoms with E-state index >= 15 is 0 Å². The van der Waals surface area contributed by atoms with Crippen LogP contribution in [0.25, 0.3) is 5.76 Å². The molecule has 0 spiro atoms. The lowest BCUT2D eigenvalue weighted by Gasteiger charge is -2.26. The number of anilines is 2. The summed E-state index contributed by atoms with van der Waals surface area (Å²) in [6, 6.07) is 19.8. The first-order chi connectivity index (χ1) is 17.9. The molecule has 1 unspecified atom stereocenters. The maximum absolute atomic E-state index is 13.5. The molecule has 4 rings (SSSR count). The fraction of sp³-hybridized carbons (Fsp3) is 0.312. The van der Waals surface area contributed by atoms with Crippen molar-refractivity contribution < 1.29 is 19.4 Å². The van der Waals surface area contributed by atoms with Crippen LogP contribution >= 0.6 is 0 Å². The number of benzene rings is 3. The van der Waals surface area contributed by atoms with Crippen LogP contribution in [-0.4, -0.2) is 37.5 Å². The van der Waals surface area contributed by atoms with Crippen molar-refractivity contribution in [3.63, 3.8) is 0 Å². The van der Waals surface area contributed by atoms with Gasteiger partial charge >= 0.3 is 0 Å². The molecule has 6 heteroatoms. The average molecular weight is 513 g/mol. The Morgan fingerprint density at radius 2 is 1.61 bits per heavy atom. The number of ketones is 1. The van der Waals surface area contributed by atoms with E-state index in [2.05, 4.69) is 20.8 Å². The highest BCUT2D eigenvalue weighted by atomic mass is 16.5. The van der Waals surface area contributed by atoms with Gasteiger partial charge in [-0.3, -0.25) is 14.5 Å². The maximum Gasteiger partial charge on any atom is 0.300 e. The van der Waals surface area contributed by atoms with E-state index in [4.69, 9.17) is 4.74 Å². The van der Waals surface area contributed by atoms with Crippen molar-refractivity contribution in [1.82, 2.24) is 0 Å². The molecule has 1 heterocycles. The molecule has 1 N–H and O–H groups in total. The number of hydrogen-bond donors (Lipinski definition) is 1. The van der Waals surface area contributed by atoms with Gasteiger partial charge in [0, 0.05) is 36.6 Å². The summed E-state index contributed by atoms with van der Waals surface area (Å²) in [7, 11) is 3.90. The van der Waals surface area contributed by atoms with Gasteiger partial charge < -0.3 is 14.7 Å². The normalized spacial score (nSPS) is 17.1. The molecule has 1 aliphatic heterocycles. The van der Waals surface area contributed by atoms with E-state index in [1.165, 1.54) is 4.90 Å². The zero-order valence-electron chi connectivity index (χ0n) is 23.2. The second-order valence-electron chi connectivity index (χ2n) is 10.9. The third-order valence-corrected chi connectivity index (χ3v) is 6.84. The van der Waals surface area contributed by atoms with Crippen molar-refractivity contribution in [3.05, 3.63) is 94.6 Å². The number of rotatable bonds is 6. The Balaban J connectivity index is 1.93. The molecule has 0 aliphatic carbocycles. The lowest BCUT2D eigenvalue weighted by molar-refractivity contribution is -0.132. The van der Waals surface area contributed by atoms with Gasteiger partial charge in [-0.2, -0.15) is 0 Å². The number of nitrogens with zero attached hydrogens (tertiary/aromatic N) is 2. The van der Waals surface area contributed by atoms with E-state index in [0.717, 1.165) is 28.1 Å². The fourth-order valence-corrected chi connectivity index (χ4v) is 4.77. The summed E-state index contributed by atoms with van der Waals surface area (Å²) >= 11 is 0. The van der Waals surface area contributed by atoms with Crippen LogP contribution in [0.3, 0.4) is 0 Å². The molecule has 198 valence electrons. The Hall–Kier alpha value is -4.06. The summed E-state index contributed by atoms with van der Waals surface area (Å²) in [6.45, 7) is 10.6. The number of Topliss-reactive ketones (excluding diaryl/α,β-unsaturated/α-hetero) is 1. The number of amides is 1. The van der Waals surface area contributed by atoms with E-state index in [9.17, 15) is 14.7 Å². The lowest BCUT2D eigenvalue weighted by atomic mass is 9.84. The van der Waals surface area contributed by atoms with Crippen LogP contribution in [0.15, 0.2) is 72.3 Å². The van der Waals surface area contributed by atoms with Crippen molar-refractivity contribution in [3.8, 4) is 5.75 Å². The molecule has 38 heavy (non-hydrogen) atoms. The van der Waals surface area contributed by atoms with E-state index in [1.54, 1.807) is 6.07 Å². The molecule has 3 aromatic carbocycles. The van der Waals surface area contributed by atoms with Crippen LogP contribution in [0.5, 0.6) is 5.75 Å². The molecule has 0 bridgehead atoms. The van der Waals surface area contributed by atoms with Gasteiger partial charge in [-0.05, 0) is 67.3 Å². The Labute approximate surface area is 225 Å². The summed E-state index contributed by atoms with van der Waals surface area (Å²) in [6.07, 6.45) is 0. The van der Waals surface area contributed by atoms with Crippen molar-refractivity contribution in [2.45, 2.75) is 46.1 Å². The van der Waals surface area contributed by atoms with Gasteiger partial charge in [-0.15, -0.1) is 0 Å². The van der Waals surface area contributed by atoms with E-state index in [-0.39, 0.29) is 16.7 Å². The third kappa shape index (κ3) is 5.03. The standard InChI is InChI=1S/C32H36N2O4/c1-8-38-26-18-13-22(19-25(26)32(3,4)5)29(35)27-28(21-11-16-23(17-12-21)33(6)7)34(31(37)30(27)36)24-14-9-20(2)10-15-24/h9-19,28,35H,8H2,1-7H3/b29-27-. The van der Waals surface area contributed by atoms with Crippen LogP contribution in [0.2, 0.25) is 0 Å². The second kappa shape index (κ2) is 10.4. The largest absolute Gasteiger partial charge is 0.507 e. The van der Waals surface area contributed by atoms with Gasteiger partial charge in [0.2, 0.25) is 0 Å². The second-order valence-corrected chi connectivity index (χ2v) is 10.9. The van der Waals surface area contributed by atoms with Crippen molar-refractivity contribution in [2.24, 2.45) is 0 Å². The predicted molar refractivity (Wildman–Crippen MR) is 153 cm³/mol. The van der Waals surface area contributed by atoms with Crippen LogP contribution in [-0.2, 0) is 15.0 Å². The van der Waals surface area contributed by atoms with Crippen molar-refractivity contribution in [2.75, 3.05) is 30.5 Å². The van der Waals surface area contributed by atoms with Gasteiger partial charge in [-0.1, -0.05) is 50.6 Å². The SMILES string of the molecule is CCOc1ccc(/C(O)=C2/C(=O)C(=O)N(c3ccc(C)cc3)C2c2ccc(N(C)C)cc2)cc1C(C)(C)C. The lowest BCUT2D eigenvalue weighted by Crippen LogP contribution is -2.29. The molecule has 1 aliphatic rings. The highest BCUT2D eigenvalue weighted by Gasteiger charge is 2.47. The third-order valence-electron chi connectivity index (χ3n) is 6.84. The number of hydrogen-bond acceptors (Lipinski definition) is 5. The molecular weight excluding hydrogens is 476 g/mol. The molecule has 1 fully saturated rings. The zero-order chi connectivity index (χ0) is 27.8. The zero-order valence-corrected chi connectivity index (χ0v) is 23.2. The summed E-state index contributed by atoms with van der Waals surface area (Å²) in [5.41, 5.74) is 4.54. The van der Waals surface area contributed by atoms with Crippen molar-refractivity contribution >= 4 is 28.8 Å².